The van der Waals surface area contributed by atoms with Gasteiger partial charge in [-0.3, -0.25) is 4.79 Å². The highest BCUT2D eigenvalue weighted by Gasteiger charge is 2.62. The molecule has 1 saturated carbocycles. The topological polar surface area (TPSA) is 40.5 Å². The van der Waals surface area contributed by atoms with E-state index in [1.165, 1.54) is 11.1 Å². The zero-order valence-electron chi connectivity index (χ0n) is 15.3. The van der Waals surface area contributed by atoms with Gasteiger partial charge in [0.25, 0.3) is 0 Å². The Kier molecular flexibility index (Phi) is 4.74. The number of hydrogen-bond acceptors (Lipinski definition) is 2. The molecule has 132 valence electrons. The Balaban J connectivity index is 1.49. The number of aryl methyl sites for hydroxylation is 2. The third kappa shape index (κ3) is 3.11. The molecule has 0 bridgehead atoms. The summed E-state index contributed by atoms with van der Waals surface area (Å²) in [5, 5.41) is 9.81. The van der Waals surface area contributed by atoms with E-state index in [0.29, 0.717) is 12.3 Å². The van der Waals surface area contributed by atoms with Crippen molar-refractivity contribution < 1.29 is 9.90 Å². The Bertz CT molecular complexity index is 592. The fraction of sp³-hybridized carbons (Fsp3) is 0.667. The van der Waals surface area contributed by atoms with Crippen LogP contribution in [0.3, 0.4) is 0 Å². The van der Waals surface area contributed by atoms with Crippen LogP contribution in [0.5, 0.6) is 0 Å². The van der Waals surface area contributed by atoms with Crippen molar-refractivity contribution >= 4 is 5.91 Å². The van der Waals surface area contributed by atoms with Gasteiger partial charge in [0, 0.05) is 24.9 Å². The summed E-state index contributed by atoms with van der Waals surface area (Å²) >= 11 is 0. The number of rotatable bonds is 6. The molecule has 1 aliphatic heterocycles. The maximum absolute atomic E-state index is 12.6. The highest BCUT2D eigenvalue weighted by molar-refractivity contribution is 5.76. The number of fused-ring (bicyclic) bond motifs is 1. The van der Waals surface area contributed by atoms with Gasteiger partial charge >= 0.3 is 0 Å². The lowest BCUT2D eigenvalue weighted by molar-refractivity contribution is -0.130. The maximum Gasteiger partial charge on any atom is 0.222 e. The minimum absolute atomic E-state index is 0.0187. The molecule has 1 saturated heterocycles. The number of nitrogens with zero attached hydrogens (tertiary/aromatic N) is 1. The molecule has 1 aromatic carbocycles. The van der Waals surface area contributed by atoms with E-state index >= 15 is 0 Å². The van der Waals surface area contributed by atoms with Crippen LogP contribution in [-0.2, 0) is 17.6 Å². The van der Waals surface area contributed by atoms with Gasteiger partial charge in [-0.15, -0.1) is 0 Å². The fourth-order valence-electron chi connectivity index (χ4n) is 5.07. The highest BCUT2D eigenvalue weighted by atomic mass is 16.3. The zero-order valence-corrected chi connectivity index (χ0v) is 15.3. The number of hydrogen-bond donors (Lipinski definition) is 1. The third-order valence-electron chi connectivity index (χ3n) is 6.35. The number of carbonyl (C=O) groups is 1. The van der Waals surface area contributed by atoms with Crippen molar-refractivity contribution in [1.82, 2.24) is 4.90 Å². The predicted molar refractivity (Wildman–Crippen MR) is 96.7 cm³/mol. The Labute approximate surface area is 146 Å². The number of carbonyl (C=O) groups excluding carboxylic acids is 1. The van der Waals surface area contributed by atoms with Gasteiger partial charge in [0.1, 0.15) is 0 Å². The van der Waals surface area contributed by atoms with Crippen LogP contribution in [0.15, 0.2) is 24.3 Å². The summed E-state index contributed by atoms with van der Waals surface area (Å²) < 4.78 is 0. The second kappa shape index (κ2) is 6.51. The molecule has 2 fully saturated rings. The molecule has 24 heavy (non-hydrogen) atoms. The summed E-state index contributed by atoms with van der Waals surface area (Å²) in [5.74, 6) is 0.721. The molecule has 2 aliphatic rings. The maximum atomic E-state index is 12.6. The van der Waals surface area contributed by atoms with Gasteiger partial charge in [-0.1, -0.05) is 45.0 Å². The van der Waals surface area contributed by atoms with E-state index in [0.717, 1.165) is 38.8 Å². The van der Waals surface area contributed by atoms with E-state index < -0.39 is 0 Å². The normalized spacial score (nSPS) is 27.7. The lowest BCUT2D eigenvalue weighted by Gasteiger charge is -2.55. The number of aliphatic hydroxyl groups excluding tert-OH is 1. The Hall–Kier alpha value is -1.35. The number of amides is 1. The van der Waals surface area contributed by atoms with Crippen LogP contribution in [0, 0.1) is 16.7 Å². The van der Waals surface area contributed by atoms with Crippen LogP contribution < -0.4 is 0 Å². The zero-order chi connectivity index (χ0) is 17.4. The SMILES string of the molecule is CCc1ccc(CCCC(=O)N2C[C@@H]3C(C)(C)C[C@]3(CO)C2)cc1. The van der Waals surface area contributed by atoms with Gasteiger partial charge in [-0.05, 0) is 48.1 Å². The van der Waals surface area contributed by atoms with E-state index in [2.05, 4.69) is 45.0 Å². The molecule has 0 radical (unpaired) electrons. The van der Waals surface area contributed by atoms with Crippen LogP contribution >= 0.6 is 0 Å². The molecule has 0 unspecified atom stereocenters. The van der Waals surface area contributed by atoms with Crippen molar-refractivity contribution in [3.8, 4) is 0 Å². The summed E-state index contributed by atoms with van der Waals surface area (Å²) in [4.78, 5) is 14.6. The van der Waals surface area contributed by atoms with Crippen molar-refractivity contribution in [2.45, 2.75) is 52.9 Å². The van der Waals surface area contributed by atoms with Gasteiger partial charge in [-0.25, -0.2) is 0 Å². The molecule has 3 heteroatoms. The van der Waals surface area contributed by atoms with Crippen LogP contribution in [0.25, 0.3) is 0 Å². The van der Waals surface area contributed by atoms with Crippen molar-refractivity contribution in [3.05, 3.63) is 35.4 Å². The Morgan fingerprint density at radius 2 is 1.92 bits per heavy atom. The first-order chi connectivity index (χ1) is 11.4. The average Bonchev–Trinajstić information content (AvgIpc) is 2.91. The highest BCUT2D eigenvalue weighted by Crippen LogP contribution is 2.62. The van der Waals surface area contributed by atoms with Crippen molar-refractivity contribution in [2.75, 3.05) is 19.7 Å². The molecule has 0 aromatic heterocycles. The molecular weight excluding hydrogens is 298 g/mol. The number of benzene rings is 1. The summed E-state index contributed by atoms with van der Waals surface area (Å²) in [5.41, 5.74) is 2.92. The molecule has 1 aromatic rings. The standard InChI is InChI=1S/C21H31NO2/c1-4-16-8-10-17(11-9-16)6-5-7-19(24)22-12-18-20(2,3)13-21(18,14-22)15-23/h8-11,18,23H,4-7,12-15H2,1-3H3/t18-,21-/m1/s1. The minimum Gasteiger partial charge on any atom is -0.396 e. The lowest BCUT2D eigenvalue weighted by Crippen LogP contribution is -2.54. The third-order valence-corrected chi connectivity index (χ3v) is 6.35. The van der Waals surface area contributed by atoms with Gasteiger partial charge in [-0.2, -0.15) is 0 Å². The molecule has 1 N–H and O–H groups in total. The van der Waals surface area contributed by atoms with Crippen molar-refractivity contribution in [3.63, 3.8) is 0 Å². The van der Waals surface area contributed by atoms with Crippen LogP contribution in [0.2, 0.25) is 0 Å². The van der Waals surface area contributed by atoms with Crippen LogP contribution in [-0.4, -0.2) is 35.6 Å². The number of likely N-dealkylation sites (tertiary alicyclic amines) is 1. The summed E-state index contributed by atoms with van der Waals surface area (Å²) in [6.45, 7) is 8.49. The molecule has 2 atom stereocenters. The van der Waals surface area contributed by atoms with Gasteiger partial charge in [0.05, 0.1) is 6.61 Å². The quantitative estimate of drug-likeness (QED) is 0.868. The van der Waals surface area contributed by atoms with E-state index in [-0.39, 0.29) is 23.3 Å². The largest absolute Gasteiger partial charge is 0.396 e. The first-order valence-corrected chi connectivity index (χ1v) is 9.37. The molecule has 3 rings (SSSR count). The summed E-state index contributed by atoms with van der Waals surface area (Å²) in [7, 11) is 0. The lowest BCUT2D eigenvalue weighted by atomic mass is 9.48. The second-order valence-corrected chi connectivity index (χ2v) is 8.54. The smallest absolute Gasteiger partial charge is 0.222 e. The van der Waals surface area contributed by atoms with E-state index in [1.807, 2.05) is 4.90 Å². The Morgan fingerprint density at radius 1 is 1.25 bits per heavy atom. The summed E-state index contributed by atoms with van der Waals surface area (Å²) in [6.07, 6.45) is 4.58. The van der Waals surface area contributed by atoms with Crippen molar-refractivity contribution in [2.24, 2.45) is 16.7 Å². The molecule has 3 nitrogen and oxygen atoms in total. The van der Waals surface area contributed by atoms with E-state index in [4.69, 9.17) is 0 Å². The predicted octanol–water partition coefficient (Wildman–Crippen LogP) is 3.44. The number of aliphatic hydroxyl groups is 1. The Morgan fingerprint density at radius 3 is 2.46 bits per heavy atom. The minimum atomic E-state index is -0.0187. The molecular formula is C21H31NO2. The van der Waals surface area contributed by atoms with E-state index in [1.54, 1.807) is 0 Å². The van der Waals surface area contributed by atoms with Gasteiger partial charge in [0.2, 0.25) is 5.91 Å². The average molecular weight is 329 g/mol. The summed E-state index contributed by atoms with van der Waals surface area (Å²) in [6, 6.07) is 8.73. The first kappa shape index (κ1) is 17.5. The van der Waals surface area contributed by atoms with Gasteiger partial charge in [0.15, 0.2) is 0 Å². The molecule has 0 spiro atoms. The molecule has 1 heterocycles. The van der Waals surface area contributed by atoms with Gasteiger partial charge < -0.3 is 10.0 Å². The van der Waals surface area contributed by atoms with E-state index in [9.17, 15) is 9.90 Å². The monoisotopic (exact) mass is 329 g/mol. The van der Waals surface area contributed by atoms with Crippen LogP contribution in [0.1, 0.15) is 51.2 Å². The molecule has 1 aliphatic carbocycles. The second-order valence-electron chi connectivity index (χ2n) is 8.54. The fourth-order valence-corrected chi connectivity index (χ4v) is 5.07. The van der Waals surface area contributed by atoms with Crippen molar-refractivity contribution in [1.29, 1.82) is 0 Å². The molecule has 1 amide bonds. The first-order valence-electron chi connectivity index (χ1n) is 9.37. The van der Waals surface area contributed by atoms with Crippen LogP contribution in [0.4, 0.5) is 0 Å².